The molecule has 0 radical (unpaired) electrons. The van der Waals surface area contributed by atoms with Gasteiger partial charge in [0.1, 0.15) is 0 Å². The van der Waals surface area contributed by atoms with E-state index in [2.05, 4.69) is 25.9 Å². The third kappa shape index (κ3) is 2.34. The van der Waals surface area contributed by atoms with Gasteiger partial charge in [-0.25, -0.2) is 5.01 Å². The minimum absolute atomic E-state index is 0.00663. The Morgan fingerprint density at radius 2 is 2.14 bits per heavy atom. The first-order valence-electron chi connectivity index (χ1n) is 5.45. The van der Waals surface area contributed by atoms with Crippen LogP contribution in [0.25, 0.3) is 0 Å². The van der Waals surface area contributed by atoms with Gasteiger partial charge in [0.25, 0.3) is 5.91 Å². The maximum Gasteiger partial charge on any atom is 0.251 e. The van der Waals surface area contributed by atoms with Gasteiger partial charge in [0.2, 0.25) is 0 Å². The summed E-state index contributed by atoms with van der Waals surface area (Å²) < 4.78 is 0. The number of hydrazone groups is 1. The third-order valence-electron chi connectivity index (χ3n) is 2.65. The van der Waals surface area contributed by atoms with E-state index < -0.39 is 0 Å². The summed E-state index contributed by atoms with van der Waals surface area (Å²) in [4.78, 5) is 11.7. The second kappa shape index (κ2) is 4.58. The Morgan fingerprint density at radius 1 is 1.50 bits per heavy atom. The smallest absolute Gasteiger partial charge is 0.251 e. The Balaban J connectivity index is 2.55. The summed E-state index contributed by atoms with van der Waals surface area (Å²) in [6.07, 6.45) is 1.91. The number of hydrogen-bond donors (Lipinski definition) is 0. The molecule has 1 atom stereocenters. The quantitative estimate of drug-likeness (QED) is 0.679. The lowest BCUT2D eigenvalue weighted by Crippen LogP contribution is -2.27. The number of rotatable bonds is 4. The fourth-order valence-electron chi connectivity index (χ4n) is 1.57. The lowest BCUT2D eigenvalue weighted by Gasteiger charge is -2.13. The average Bonchev–Trinajstić information content (AvgIpc) is 2.41. The van der Waals surface area contributed by atoms with Crippen molar-refractivity contribution in [2.24, 2.45) is 16.9 Å². The molecule has 80 valence electrons. The van der Waals surface area contributed by atoms with Gasteiger partial charge in [-0.1, -0.05) is 20.8 Å². The fourth-order valence-corrected chi connectivity index (χ4v) is 1.57. The lowest BCUT2D eigenvalue weighted by molar-refractivity contribution is -0.131. The monoisotopic (exact) mass is 196 g/mol. The minimum atomic E-state index is 0.00663. The first-order valence-corrected chi connectivity index (χ1v) is 5.45. The van der Waals surface area contributed by atoms with E-state index in [1.165, 1.54) is 0 Å². The summed E-state index contributed by atoms with van der Waals surface area (Å²) >= 11 is 0. The predicted molar refractivity (Wildman–Crippen MR) is 58.1 cm³/mol. The second-order valence-electron chi connectivity index (χ2n) is 4.31. The zero-order valence-electron chi connectivity index (χ0n) is 9.58. The highest BCUT2D eigenvalue weighted by Crippen LogP contribution is 2.18. The van der Waals surface area contributed by atoms with E-state index in [1.807, 2.05) is 6.92 Å². The van der Waals surface area contributed by atoms with Crippen LogP contribution < -0.4 is 0 Å². The van der Waals surface area contributed by atoms with Crippen LogP contribution >= 0.6 is 0 Å². The molecule has 3 heteroatoms. The first kappa shape index (κ1) is 11.2. The topological polar surface area (TPSA) is 32.7 Å². The number of hydrogen-bond acceptors (Lipinski definition) is 2. The van der Waals surface area contributed by atoms with Crippen molar-refractivity contribution in [3.05, 3.63) is 0 Å². The van der Waals surface area contributed by atoms with Gasteiger partial charge in [0.05, 0.1) is 11.6 Å². The van der Waals surface area contributed by atoms with Crippen molar-refractivity contribution in [1.82, 2.24) is 5.01 Å². The van der Waals surface area contributed by atoms with Crippen molar-refractivity contribution >= 4 is 11.6 Å². The third-order valence-corrected chi connectivity index (χ3v) is 2.65. The highest BCUT2D eigenvalue weighted by atomic mass is 16.2. The van der Waals surface area contributed by atoms with Crippen molar-refractivity contribution < 1.29 is 4.79 Å². The van der Waals surface area contributed by atoms with Gasteiger partial charge in [-0.3, -0.25) is 4.79 Å². The van der Waals surface area contributed by atoms with Gasteiger partial charge in [-0.2, -0.15) is 5.10 Å². The largest absolute Gasteiger partial charge is 0.272 e. The van der Waals surface area contributed by atoms with Gasteiger partial charge in [-0.15, -0.1) is 0 Å². The maximum absolute atomic E-state index is 11.7. The molecule has 3 nitrogen and oxygen atoms in total. The van der Waals surface area contributed by atoms with Gasteiger partial charge in [0, 0.05) is 6.54 Å². The molecular weight excluding hydrogens is 176 g/mol. The van der Waals surface area contributed by atoms with Crippen LogP contribution in [0.4, 0.5) is 0 Å². The zero-order valence-corrected chi connectivity index (χ0v) is 9.58. The van der Waals surface area contributed by atoms with E-state index in [-0.39, 0.29) is 11.8 Å². The van der Waals surface area contributed by atoms with E-state index in [1.54, 1.807) is 5.01 Å². The van der Waals surface area contributed by atoms with E-state index in [0.717, 1.165) is 25.1 Å². The molecule has 1 unspecified atom stereocenters. The van der Waals surface area contributed by atoms with Gasteiger partial charge >= 0.3 is 0 Å². The molecule has 0 saturated heterocycles. The van der Waals surface area contributed by atoms with E-state index >= 15 is 0 Å². The summed E-state index contributed by atoms with van der Waals surface area (Å²) in [5.41, 5.74) is 1.03. The van der Waals surface area contributed by atoms with Gasteiger partial charge in [-0.05, 0) is 25.7 Å². The highest BCUT2D eigenvalue weighted by molar-refractivity contribution is 6.07. The lowest BCUT2D eigenvalue weighted by atomic mass is 10.0. The van der Waals surface area contributed by atoms with Crippen LogP contribution in [0.15, 0.2) is 5.10 Å². The van der Waals surface area contributed by atoms with Crippen LogP contribution in [0.5, 0.6) is 0 Å². The van der Waals surface area contributed by atoms with Gasteiger partial charge in [0.15, 0.2) is 0 Å². The number of nitrogens with zero attached hydrogens (tertiary/aromatic N) is 2. The Labute approximate surface area is 86.2 Å². The molecular formula is C11H20N2O. The van der Waals surface area contributed by atoms with Crippen LogP contribution in [0, 0.1) is 11.8 Å². The molecule has 0 saturated carbocycles. The number of amides is 1. The minimum Gasteiger partial charge on any atom is -0.272 e. The van der Waals surface area contributed by atoms with Crippen molar-refractivity contribution in [2.75, 3.05) is 6.54 Å². The molecule has 1 amide bonds. The normalized spacial score (nSPS) is 22.1. The van der Waals surface area contributed by atoms with E-state index in [4.69, 9.17) is 0 Å². The number of carbonyl (C=O) groups is 1. The first-order chi connectivity index (χ1) is 6.56. The Kier molecular flexibility index (Phi) is 3.67. The molecule has 0 spiro atoms. The van der Waals surface area contributed by atoms with Crippen LogP contribution in [0.1, 0.15) is 40.5 Å². The van der Waals surface area contributed by atoms with Crippen molar-refractivity contribution in [3.8, 4) is 0 Å². The molecule has 0 N–H and O–H groups in total. The number of carbonyl (C=O) groups excluding carboxylic acids is 1. The Morgan fingerprint density at radius 3 is 2.57 bits per heavy atom. The molecule has 0 fully saturated rings. The molecule has 0 aromatic carbocycles. The van der Waals surface area contributed by atoms with E-state index in [9.17, 15) is 4.79 Å². The van der Waals surface area contributed by atoms with Crippen molar-refractivity contribution in [1.29, 1.82) is 0 Å². The molecule has 1 aliphatic rings. The summed E-state index contributed by atoms with van der Waals surface area (Å²) in [6, 6.07) is 0. The van der Waals surface area contributed by atoms with E-state index in [0.29, 0.717) is 5.92 Å². The SMILES string of the molecule is CCC1=NN(CCC(C)C)C(=O)C1C. The molecule has 0 aromatic heterocycles. The average molecular weight is 196 g/mol. The molecule has 14 heavy (non-hydrogen) atoms. The second-order valence-corrected chi connectivity index (χ2v) is 4.31. The Hall–Kier alpha value is -0.860. The van der Waals surface area contributed by atoms with Crippen molar-refractivity contribution in [2.45, 2.75) is 40.5 Å². The molecule has 1 aliphatic heterocycles. The summed E-state index contributed by atoms with van der Waals surface area (Å²) in [6.45, 7) is 9.09. The van der Waals surface area contributed by atoms with Gasteiger partial charge < -0.3 is 0 Å². The van der Waals surface area contributed by atoms with Crippen LogP contribution in [-0.4, -0.2) is 23.2 Å². The van der Waals surface area contributed by atoms with Crippen LogP contribution in [0.2, 0.25) is 0 Å². The fraction of sp³-hybridized carbons (Fsp3) is 0.818. The Bertz CT molecular complexity index is 246. The van der Waals surface area contributed by atoms with Crippen LogP contribution in [0.3, 0.4) is 0 Å². The van der Waals surface area contributed by atoms with Crippen molar-refractivity contribution in [3.63, 3.8) is 0 Å². The maximum atomic E-state index is 11.7. The molecule has 0 aliphatic carbocycles. The molecule has 0 bridgehead atoms. The van der Waals surface area contributed by atoms with Crippen LogP contribution in [-0.2, 0) is 4.79 Å². The standard InChI is InChI=1S/C11H20N2O/c1-5-10-9(4)11(14)13(12-10)7-6-8(2)3/h8-9H,5-7H2,1-4H3. The molecule has 1 rings (SSSR count). The zero-order chi connectivity index (χ0) is 10.7. The summed E-state index contributed by atoms with van der Waals surface area (Å²) in [7, 11) is 0. The summed E-state index contributed by atoms with van der Waals surface area (Å²) in [5, 5.41) is 5.98. The molecule has 0 aromatic rings. The summed E-state index contributed by atoms with van der Waals surface area (Å²) in [5.74, 6) is 0.800. The molecule has 1 heterocycles. The highest BCUT2D eigenvalue weighted by Gasteiger charge is 2.30. The predicted octanol–water partition coefficient (Wildman–Crippen LogP) is 2.28.